The lowest BCUT2D eigenvalue weighted by Gasteiger charge is -2.52. The van der Waals surface area contributed by atoms with Crippen LogP contribution in [0.5, 0.6) is 0 Å². The number of fused-ring (bicyclic) bond motifs is 3. The van der Waals surface area contributed by atoms with Crippen LogP contribution >= 0.6 is 11.3 Å². The molecule has 2 bridgehead atoms. The predicted octanol–water partition coefficient (Wildman–Crippen LogP) is 3.37. The molecule has 1 aliphatic carbocycles. The van der Waals surface area contributed by atoms with Crippen molar-refractivity contribution in [1.82, 2.24) is 10.2 Å². The monoisotopic (exact) mass is 368 g/mol. The molecule has 1 saturated carbocycles. The second-order valence-electron chi connectivity index (χ2n) is 8.49. The molecule has 4 saturated heterocycles. The van der Waals surface area contributed by atoms with Gasteiger partial charge in [0.1, 0.15) is 0 Å². The molecule has 5 aliphatic rings. The van der Waals surface area contributed by atoms with E-state index in [1.807, 2.05) is 0 Å². The first-order valence-corrected chi connectivity index (χ1v) is 10.7. The molecule has 26 heavy (non-hydrogen) atoms. The molecule has 1 spiro atoms. The second-order valence-corrected chi connectivity index (χ2v) is 9.54. The van der Waals surface area contributed by atoms with Gasteiger partial charge >= 0.3 is 0 Å². The Labute approximate surface area is 157 Å². The zero-order valence-corrected chi connectivity index (χ0v) is 15.7. The Kier molecular flexibility index (Phi) is 3.32. The number of nitrogens with one attached hydrogen (secondary N) is 1. The number of nitrogens with zero attached hydrogens (tertiary/aromatic N) is 1. The summed E-state index contributed by atoms with van der Waals surface area (Å²) in [6, 6.07) is 8.86. The fourth-order valence-corrected chi connectivity index (χ4v) is 6.62. The number of piperidine rings is 3. The van der Waals surface area contributed by atoms with Gasteiger partial charge in [-0.1, -0.05) is 18.2 Å². The Bertz CT molecular complexity index is 875. The summed E-state index contributed by atoms with van der Waals surface area (Å²) in [6.07, 6.45) is 5.00. The van der Waals surface area contributed by atoms with E-state index in [0.717, 1.165) is 18.1 Å². The maximum Gasteiger partial charge on any atom is 0.261 e. The Hall–Kier alpha value is -1.43. The topological polar surface area (TPSA) is 41.6 Å². The van der Waals surface area contributed by atoms with Gasteiger partial charge in [-0.25, -0.2) is 0 Å². The molecular formula is C21H24N2O2S. The molecular weight excluding hydrogens is 344 g/mol. The SMILES string of the molecule is O=C(N[C@H]1C2CCN(CC2)C12CC2)c1cc2cccc(C3COC3)c2s1. The predicted molar refractivity (Wildman–Crippen MR) is 103 cm³/mol. The van der Waals surface area contributed by atoms with Crippen molar-refractivity contribution in [2.75, 3.05) is 26.3 Å². The van der Waals surface area contributed by atoms with Crippen molar-refractivity contribution in [3.05, 3.63) is 34.7 Å². The molecule has 1 aromatic carbocycles. The third-order valence-electron chi connectivity index (χ3n) is 7.14. The smallest absolute Gasteiger partial charge is 0.261 e. The minimum atomic E-state index is 0.132. The molecule has 4 nitrogen and oxygen atoms in total. The maximum atomic E-state index is 13.1. The van der Waals surface area contributed by atoms with E-state index < -0.39 is 0 Å². The zero-order valence-electron chi connectivity index (χ0n) is 14.9. The molecule has 4 aliphatic heterocycles. The maximum absolute atomic E-state index is 13.1. The number of benzene rings is 1. The van der Waals surface area contributed by atoms with Crippen molar-refractivity contribution in [2.45, 2.75) is 43.2 Å². The van der Waals surface area contributed by atoms with Gasteiger partial charge in [-0.05, 0) is 61.7 Å². The van der Waals surface area contributed by atoms with Crippen molar-refractivity contribution in [2.24, 2.45) is 5.92 Å². The third-order valence-corrected chi connectivity index (χ3v) is 8.34. The molecule has 1 amide bonds. The van der Waals surface area contributed by atoms with Gasteiger partial charge in [0, 0.05) is 16.2 Å². The van der Waals surface area contributed by atoms with Crippen LogP contribution in [0.1, 0.15) is 46.8 Å². The first-order chi connectivity index (χ1) is 12.7. The molecule has 5 fully saturated rings. The summed E-state index contributed by atoms with van der Waals surface area (Å²) in [5.41, 5.74) is 1.64. The summed E-state index contributed by atoms with van der Waals surface area (Å²) >= 11 is 1.66. The number of thiophene rings is 1. The Morgan fingerprint density at radius 1 is 1.23 bits per heavy atom. The highest BCUT2D eigenvalue weighted by Gasteiger charge is 2.60. The lowest BCUT2D eigenvalue weighted by atomic mass is 9.77. The molecule has 0 unspecified atom stereocenters. The summed E-state index contributed by atoms with van der Waals surface area (Å²) in [7, 11) is 0. The van der Waals surface area contributed by atoms with Crippen LogP contribution in [0, 0.1) is 5.92 Å². The molecule has 136 valence electrons. The van der Waals surface area contributed by atoms with Gasteiger partial charge in [0.25, 0.3) is 5.91 Å². The Morgan fingerprint density at radius 3 is 2.73 bits per heavy atom. The van der Waals surface area contributed by atoms with Crippen molar-refractivity contribution in [3.8, 4) is 0 Å². The number of carbonyl (C=O) groups is 1. The van der Waals surface area contributed by atoms with Crippen LogP contribution < -0.4 is 5.32 Å². The number of amides is 1. The van der Waals surface area contributed by atoms with E-state index in [2.05, 4.69) is 34.5 Å². The fraction of sp³-hybridized carbons (Fsp3) is 0.571. The summed E-state index contributed by atoms with van der Waals surface area (Å²) in [6.45, 7) is 4.07. The van der Waals surface area contributed by atoms with E-state index in [1.54, 1.807) is 11.3 Å². The number of hydrogen-bond acceptors (Lipinski definition) is 4. The minimum absolute atomic E-state index is 0.132. The molecule has 1 aromatic heterocycles. The van der Waals surface area contributed by atoms with Crippen LogP contribution in [-0.4, -0.2) is 48.7 Å². The van der Waals surface area contributed by atoms with Crippen LogP contribution in [0.3, 0.4) is 0 Å². The van der Waals surface area contributed by atoms with Gasteiger partial charge in [-0.2, -0.15) is 0 Å². The number of ether oxygens (including phenoxy) is 1. The average molecular weight is 369 g/mol. The molecule has 0 radical (unpaired) electrons. The van der Waals surface area contributed by atoms with E-state index in [4.69, 9.17) is 4.74 Å². The quantitative estimate of drug-likeness (QED) is 0.903. The van der Waals surface area contributed by atoms with Crippen LogP contribution in [0.15, 0.2) is 24.3 Å². The van der Waals surface area contributed by atoms with Crippen LogP contribution in [0.2, 0.25) is 0 Å². The molecule has 5 heteroatoms. The van der Waals surface area contributed by atoms with Gasteiger partial charge in [0.2, 0.25) is 0 Å². The van der Waals surface area contributed by atoms with Crippen LogP contribution in [-0.2, 0) is 4.74 Å². The Balaban J connectivity index is 1.29. The van der Waals surface area contributed by atoms with Gasteiger partial charge < -0.3 is 10.1 Å². The number of rotatable bonds is 3. The van der Waals surface area contributed by atoms with E-state index in [9.17, 15) is 4.79 Å². The van der Waals surface area contributed by atoms with Crippen molar-refractivity contribution in [3.63, 3.8) is 0 Å². The molecule has 2 aromatic rings. The van der Waals surface area contributed by atoms with E-state index >= 15 is 0 Å². The molecule has 7 rings (SSSR count). The molecule has 1 N–H and O–H groups in total. The summed E-state index contributed by atoms with van der Waals surface area (Å²) in [5.74, 6) is 1.29. The van der Waals surface area contributed by atoms with Crippen molar-refractivity contribution < 1.29 is 9.53 Å². The largest absolute Gasteiger partial charge is 0.380 e. The first-order valence-electron chi connectivity index (χ1n) is 9.91. The summed E-state index contributed by atoms with van der Waals surface area (Å²) in [4.78, 5) is 16.6. The van der Waals surface area contributed by atoms with E-state index in [-0.39, 0.29) is 5.91 Å². The zero-order chi connectivity index (χ0) is 17.3. The second kappa shape index (κ2) is 5.54. The van der Waals surface area contributed by atoms with Crippen LogP contribution in [0.4, 0.5) is 0 Å². The standard InChI is InChI=1S/C21H24N2O2S/c24-20(22-19-13-4-8-23(9-5-13)21(19)6-7-21)17-10-14-2-1-3-16(18(14)26-17)15-11-25-12-15/h1-3,10,13,15,19H,4-9,11-12H2,(H,22,24)/t19-/m0/s1. The highest BCUT2D eigenvalue weighted by atomic mass is 32.1. The normalized spacial score (nSPS) is 31.9. The van der Waals surface area contributed by atoms with E-state index in [1.165, 1.54) is 54.4 Å². The lowest BCUT2D eigenvalue weighted by Crippen LogP contribution is -2.65. The number of hydrogen-bond donors (Lipinski definition) is 1. The van der Waals surface area contributed by atoms with E-state index in [0.29, 0.717) is 23.4 Å². The number of carbonyl (C=O) groups excluding carboxylic acids is 1. The minimum Gasteiger partial charge on any atom is -0.380 e. The van der Waals surface area contributed by atoms with Crippen LogP contribution in [0.25, 0.3) is 10.1 Å². The lowest BCUT2D eigenvalue weighted by molar-refractivity contribution is -0.00138. The summed E-state index contributed by atoms with van der Waals surface area (Å²) < 4.78 is 6.64. The fourth-order valence-electron chi connectivity index (χ4n) is 5.47. The van der Waals surface area contributed by atoms with Gasteiger partial charge in [-0.3, -0.25) is 9.69 Å². The average Bonchev–Trinajstić information content (AvgIpc) is 3.26. The van der Waals surface area contributed by atoms with Gasteiger partial charge in [0.05, 0.1) is 24.1 Å². The first kappa shape index (κ1) is 15.6. The van der Waals surface area contributed by atoms with Gasteiger partial charge in [0.15, 0.2) is 0 Å². The van der Waals surface area contributed by atoms with Crippen molar-refractivity contribution in [1.29, 1.82) is 0 Å². The highest BCUT2D eigenvalue weighted by molar-refractivity contribution is 7.21. The Morgan fingerprint density at radius 2 is 2.04 bits per heavy atom. The third kappa shape index (κ3) is 2.17. The molecule has 1 atom stereocenters. The molecule has 5 heterocycles. The van der Waals surface area contributed by atoms with Crippen molar-refractivity contribution >= 4 is 27.3 Å². The summed E-state index contributed by atoms with van der Waals surface area (Å²) in [5, 5.41) is 4.66. The highest BCUT2D eigenvalue weighted by Crippen LogP contribution is 2.53. The van der Waals surface area contributed by atoms with Gasteiger partial charge in [-0.15, -0.1) is 11.3 Å².